The van der Waals surface area contributed by atoms with E-state index < -0.39 is 10.0 Å². The highest BCUT2D eigenvalue weighted by Crippen LogP contribution is 2.27. The maximum absolute atomic E-state index is 13.3. The number of carbonyl (C=O) groups is 1. The molecule has 186 valence electrons. The van der Waals surface area contributed by atoms with Crippen LogP contribution in [0.15, 0.2) is 77.8 Å². The van der Waals surface area contributed by atoms with Crippen molar-refractivity contribution in [1.82, 2.24) is 25.0 Å². The number of hydrogen-bond acceptors (Lipinski definition) is 7. The van der Waals surface area contributed by atoms with Crippen molar-refractivity contribution in [2.24, 2.45) is 7.05 Å². The number of hydrogen-bond donors (Lipinski definition) is 2. The second-order valence-corrected chi connectivity index (χ2v) is 10.2. The fourth-order valence-electron chi connectivity index (χ4n) is 3.73. The van der Waals surface area contributed by atoms with Crippen molar-refractivity contribution in [3.63, 3.8) is 0 Å². The Kier molecular flexibility index (Phi) is 6.32. The number of aromatic nitrogens is 5. The third-order valence-electron chi connectivity index (χ3n) is 5.77. The lowest BCUT2D eigenvalue weighted by atomic mass is 10.0. The molecule has 3 aromatic heterocycles. The first-order valence-electron chi connectivity index (χ1n) is 11.0. The van der Waals surface area contributed by atoms with Crippen LogP contribution >= 0.6 is 11.6 Å². The number of pyridine rings is 1. The molecule has 0 unspecified atom stereocenters. The number of rotatable bonds is 6. The van der Waals surface area contributed by atoms with Gasteiger partial charge in [-0.2, -0.15) is 5.10 Å². The number of nitrogens with one attached hydrogen (secondary N) is 2. The highest BCUT2D eigenvalue weighted by molar-refractivity contribution is 7.92. The van der Waals surface area contributed by atoms with Crippen molar-refractivity contribution in [3.8, 4) is 11.3 Å². The maximum Gasteiger partial charge on any atom is 0.263 e. The van der Waals surface area contributed by atoms with Crippen molar-refractivity contribution in [2.45, 2.75) is 11.8 Å². The molecular weight excluding hydrogens is 514 g/mol. The summed E-state index contributed by atoms with van der Waals surface area (Å²) in [4.78, 5) is 18.1. The summed E-state index contributed by atoms with van der Waals surface area (Å²) in [5, 5.41) is 15.3. The molecule has 0 atom stereocenters. The Morgan fingerprint density at radius 1 is 1.00 bits per heavy atom. The van der Waals surface area contributed by atoms with E-state index in [9.17, 15) is 13.2 Å². The zero-order valence-electron chi connectivity index (χ0n) is 19.7. The number of halogens is 1. The van der Waals surface area contributed by atoms with Crippen molar-refractivity contribution >= 4 is 49.9 Å². The molecule has 5 aromatic rings. The number of anilines is 2. The monoisotopic (exact) mass is 533 g/mol. The van der Waals surface area contributed by atoms with Crippen LogP contribution in [-0.2, 0) is 17.1 Å². The van der Waals surface area contributed by atoms with E-state index in [1.807, 2.05) is 38.2 Å². The van der Waals surface area contributed by atoms with Crippen LogP contribution in [-0.4, -0.2) is 39.3 Å². The summed E-state index contributed by atoms with van der Waals surface area (Å²) in [7, 11) is -2.07. The molecule has 5 rings (SSSR count). The molecule has 0 aliphatic rings. The second kappa shape index (κ2) is 9.60. The van der Waals surface area contributed by atoms with Crippen LogP contribution in [0.25, 0.3) is 22.2 Å². The smallest absolute Gasteiger partial charge is 0.263 e. The number of nitrogens with zero attached hydrogens (tertiary/aromatic N) is 5. The van der Waals surface area contributed by atoms with Gasteiger partial charge < -0.3 is 5.32 Å². The molecule has 37 heavy (non-hydrogen) atoms. The Balaban J connectivity index is 1.41. The van der Waals surface area contributed by atoms with E-state index in [-0.39, 0.29) is 21.8 Å². The zero-order chi connectivity index (χ0) is 26.2. The Hall–Kier alpha value is -4.35. The molecule has 2 aromatic carbocycles. The number of benzene rings is 2. The number of carbonyl (C=O) groups excluding carboxylic acids is 1. The number of amides is 1. The van der Waals surface area contributed by atoms with Crippen LogP contribution in [0.1, 0.15) is 16.1 Å². The molecule has 3 heterocycles. The Labute approximate surface area is 217 Å². The summed E-state index contributed by atoms with van der Waals surface area (Å²) in [6.45, 7) is 1.93. The Morgan fingerprint density at radius 2 is 1.76 bits per heavy atom. The standard InChI is InChI=1S/C25H20ClN7O3S/c1-15-20(14-27-33(15)2)22-13-19(18-5-3-4-6-21(18)29-22)25(34)28-16-7-9-17(10-8-16)37(35,36)32-24-12-11-23(26)30-31-24/h3-14H,1-2H3,(H,28,34)(H,31,32). The van der Waals surface area contributed by atoms with E-state index in [1.54, 1.807) is 16.9 Å². The summed E-state index contributed by atoms with van der Waals surface area (Å²) < 4.78 is 29.4. The number of para-hydroxylation sites is 1. The number of aryl methyl sites for hydroxylation is 1. The molecule has 0 saturated carbocycles. The van der Waals surface area contributed by atoms with Gasteiger partial charge in [-0.25, -0.2) is 13.4 Å². The minimum Gasteiger partial charge on any atom is -0.322 e. The summed E-state index contributed by atoms with van der Waals surface area (Å²) in [5.74, 6) is -0.322. The number of fused-ring (bicyclic) bond motifs is 1. The molecule has 10 nitrogen and oxygen atoms in total. The quantitative estimate of drug-likeness (QED) is 0.330. The van der Waals surface area contributed by atoms with E-state index >= 15 is 0 Å². The van der Waals surface area contributed by atoms with Gasteiger partial charge in [0, 0.05) is 29.4 Å². The Bertz CT molecular complexity index is 1740. The fraction of sp³-hybridized carbons (Fsp3) is 0.0800. The summed E-state index contributed by atoms with van der Waals surface area (Å²) in [5.41, 5.74) is 3.91. The molecule has 1 amide bonds. The minimum atomic E-state index is -3.92. The topological polar surface area (TPSA) is 132 Å². The van der Waals surface area contributed by atoms with Gasteiger partial charge in [-0.3, -0.25) is 14.2 Å². The molecular formula is C25H20ClN7O3S. The van der Waals surface area contributed by atoms with Crippen molar-refractivity contribution in [3.05, 3.63) is 89.3 Å². The van der Waals surface area contributed by atoms with Gasteiger partial charge in [0.2, 0.25) is 0 Å². The van der Waals surface area contributed by atoms with Crippen LogP contribution in [0.3, 0.4) is 0 Å². The highest BCUT2D eigenvalue weighted by atomic mass is 35.5. The third-order valence-corrected chi connectivity index (χ3v) is 7.34. The average Bonchev–Trinajstić information content (AvgIpc) is 3.22. The lowest BCUT2D eigenvalue weighted by Gasteiger charge is -2.11. The van der Waals surface area contributed by atoms with E-state index in [0.29, 0.717) is 27.8 Å². The second-order valence-electron chi connectivity index (χ2n) is 8.16. The summed E-state index contributed by atoms with van der Waals surface area (Å²) >= 11 is 5.69. The zero-order valence-corrected chi connectivity index (χ0v) is 21.2. The molecule has 0 saturated heterocycles. The molecule has 0 bridgehead atoms. The van der Waals surface area contributed by atoms with E-state index in [2.05, 4.69) is 25.3 Å². The first-order valence-corrected chi connectivity index (χ1v) is 12.9. The predicted molar refractivity (Wildman–Crippen MR) is 141 cm³/mol. The SMILES string of the molecule is Cc1c(-c2cc(C(=O)Nc3ccc(S(=O)(=O)Nc4ccc(Cl)nn4)cc3)c3ccccc3n2)cnn1C. The van der Waals surface area contributed by atoms with Gasteiger partial charge >= 0.3 is 0 Å². The maximum atomic E-state index is 13.3. The van der Waals surface area contributed by atoms with E-state index in [1.165, 1.54) is 36.4 Å². The van der Waals surface area contributed by atoms with Gasteiger partial charge in [0.05, 0.1) is 27.9 Å². The lowest BCUT2D eigenvalue weighted by Crippen LogP contribution is -2.15. The van der Waals surface area contributed by atoms with Gasteiger partial charge in [-0.15, -0.1) is 10.2 Å². The first kappa shape index (κ1) is 24.3. The fourth-order valence-corrected chi connectivity index (χ4v) is 4.83. The van der Waals surface area contributed by atoms with Crippen LogP contribution in [0, 0.1) is 6.92 Å². The summed E-state index contributed by atoms with van der Waals surface area (Å²) in [6, 6.07) is 17.7. The van der Waals surface area contributed by atoms with Gasteiger partial charge in [-0.05, 0) is 55.5 Å². The molecule has 0 fully saturated rings. The van der Waals surface area contributed by atoms with Crippen molar-refractivity contribution in [2.75, 3.05) is 10.0 Å². The van der Waals surface area contributed by atoms with Gasteiger partial charge in [0.25, 0.3) is 15.9 Å². The third kappa shape index (κ3) is 4.99. The predicted octanol–water partition coefficient (Wildman–Crippen LogP) is 4.44. The van der Waals surface area contributed by atoms with Gasteiger partial charge in [-0.1, -0.05) is 29.8 Å². The molecule has 0 aliphatic carbocycles. The van der Waals surface area contributed by atoms with Crippen LogP contribution in [0.5, 0.6) is 0 Å². The molecule has 0 radical (unpaired) electrons. The molecule has 12 heteroatoms. The van der Waals surface area contributed by atoms with Gasteiger partial charge in [0.15, 0.2) is 11.0 Å². The van der Waals surface area contributed by atoms with Gasteiger partial charge in [0.1, 0.15) is 0 Å². The first-order chi connectivity index (χ1) is 17.7. The normalized spacial score (nSPS) is 11.4. The molecule has 2 N–H and O–H groups in total. The molecule has 0 spiro atoms. The Morgan fingerprint density at radius 3 is 2.43 bits per heavy atom. The van der Waals surface area contributed by atoms with Crippen molar-refractivity contribution in [1.29, 1.82) is 0 Å². The largest absolute Gasteiger partial charge is 0.322 e. The van der Waals surface area contributed by atoms with E-state index in [0.717, 1.165) is 11.3 Å². The van der Waals surface area contributed by atoms with E-state index in [4.69, 9.17) is 16.6 Å². The molecule has 0 aliphatic heterocycles. The summed E-state index contributed by atoms with van der Waals surface area (Å²) in [6.07, 6.45) is 1.72. The van der Waals surface area contributed by atoms with Crippen molar-refractivity contribution < 1.29 is 13.2 Å². The minimum absolute atomic E-state index is 0.00838. The van der Waals surface area contributed by atoms with Crippen LogP contribution < -0.4 is 10.0 Å². The number of sulfonamides is 1. The lowest BCUT2D eigenvalue weighted by molar-refractivity contribution is 0.102. The van der Waals surface area contributed by atoms with Crippen LogP contribution in [0.4, 0.5) is 11.5 Å². The highest BCUT2D eigenvalue weighted by Gasteiger charge is 2.18. The van der Waals surface area contributed by atoms with Crippen LogP contribution in [0.2, 0.25) is 5.15 Å². The average molecular weight is 534 g/mol.